The lowest BCUT2D eigenvalue weighted by molar-refractivity contribution is 0.304. The van der Waals surface area contributed by atoms with Crippen molar-refractivity contribution in [3.8, 4) is 5.75 Å². The van der Waals surface area contributed by atoms with E-state index < -0.39 is 5.63 Å². The fourth-order valence-electron chi connectivity index (χ4n) is 2.30. The number of hydrogen-bond donors (Lipinski definition) is 0. The number of allylic oxidation sites excluding steroid dienone is 1. The first-order valence-electron chi connectivity index (χ1n) is 6.97. The molecule has 3 aromatic rings. The van der Waals surface area contributed by atoms with Crippen molar-refractivity contribution in [2.45, 2.75) is 19.3 Å². The molecule has 0 aliphatic carbocycles. The number of unbranched alkanes of at least 4 members (excludes halogenated alkanes) is 2. The lowest BCUT2D eigenvalue weighted by Crippen LogP contribution is -2.01. The molecule has 0 aliphatic rings. The second-order valence-electron chi connectivity index (χ2n) is 4.85. The molecule has 2 aromatic heterocycles. The Hall–Kier alpha value is -2.49. The van der Waals surface area contributed by atoms with E-state index in [1.54, 1.807) is 12.3 Å². The summed E-state index contributed by atoms with van der Waals surface area (Å²) in [4.78, 5) is 11.5. The summed E-state index contributed by atoms with van der Waals surface area (Å²) in [7, 11) is 0. The van der Waals surface area contributed by atoms with Gasteiger partial charge in [0.2, 0.25) is 5.75 Å². The predicted octanol–water partition coefficient (Wildman–Crippen LogP) is 4.27. The van der Waals surface area contributed by atoms with E-state index in [0.29, 0.717) is 23.5 Å². The average molecular weight is 284 g/mol. The Morgan fingerprint density at radius 2 is 2.00 bits per heavy atom. The minimum Gasteiger partial charge on any atom is -0.486 e. The van der Waals surface area contributed by atoms with Gasteiger partial charge in [0.1, 0.15) is 0 Å². The summed E-state index contributed by atoms with van der Waals surface area (Å²) in [5, 5.41) is 1.75. The van der Waals surface area contributed by atoms with Crippen molar-refractivity contribution in [1.82, 2.24) is 0 Å². The third-order valence-electron chi connectivity index (χ3n) is 3.33. The first kappa shape index (κ1) is 13.5. The molecule has 0 saturated heterocycles. The summed E-state index contributed by atoms with van der Waals surface area (Å²) < 4.78 is 16.6. The molecule has 0 N–H and O–H groups in total. The highest BCUT2D eigenvalue weighted by atomic mass is 16.5. The summed E-state index contributed by atoms with van der Waals surface area (Å²) in [5.74, 6) is 0.504. The zero-order valence-electron chi connectivity index (χ0n) is 11.6. The maximum atomic E-state index is 11.5. The van der Waals surface area contributed by atoms with Gasteiger partial charge in [-0.3, -0.25) is 0 Å². The largest absolute Gasteiger partial charge is 0.486 e. The summed E-state index contributed by atoms with van der Waals surface area (Å²) in [6.45, 7) is 4.24. The van der Waals surface area contributed by atoms with E-state index in [2.05, 4.69) is 6.58 Å². The van der Waals surface area contributed by atoms with Crippen LogP contribution >= 0.6 is 0 Å². The second kappa shape index (κ2) is 5.87. The number of ether oxygens (including phenoxy) is 1. The molecule has 0 radical (unpaired) electrons. The molecule has 108 valence electrons. The van der Waals surface area contributed by atoms with Gasteiger partial charge in [0.05, 0.1) is 12.9 Å². The van der Waals surface area contributed by atoms with Crippen LogP contribution in [0.3, 0.4) is 0 Å². The Kier molecular flexibility index (Phi) is 3.77. The molecule has 2 heterocycles. The minimum absolute atomic E-state index is 0.398. The average Bonchev–Trinajstić information content (AvgIpc) is 2.94. The van der Waals surface area contributed by atoms with Gasteiger partial charge in [-0.15, -0.1) is 6.58 Å². The minimum atomic E-state index is -0.398. The molecule has 0 atom stereocenters. The van der Waals surface area contributed by atoms with Crippen LogP contribution in [0.4, 0.5) is 0 Å². The molecule has 0 aliphatic heterocycles. The van der Waals surface area contributed by atoms with Crippen molar-refractivity contribution in [2.75, 3.05) is 6.61 Å². The third kappa shape index (κ3) is 2.70. The van der Waals surface area contributed by atoms with E-state index in [-0.39, 0.29) is 0 Å². The van der Waals surface area contributed by atoms with Crippen molar-refractivity contribution in [3.05, 3.63) is 53.6 Å². The van der Waals surface area contributed by atoms with Gasteiger partial charge in [0, 0.05) is 16.8 Å². The quantitative estimate of drug-likeness (QED) is 0.385. The standard InChI is InChI=1S/C17H16O4/c1-2-3-4-5-9-19-17-15-13(8-10-20-15)11-12-6-7-14(18)21-16(12)17/h2,6-8,10-11H,1,3-5,9H2. The molecule has 21 heavy (non-hydrogen) atoms. The number of rotatable bonds is 6. The van der Waals surface area contributed by atoms with Gasteiger partial charge >= 0.3 is 5.63 Å². The van der Waals surface area contributed by atoms with Gasteiger partial charge in [-0.1, -0.05) is 6.08 Å². The molecule has 0 fully saturated rings. The Bertz CT molecular complexity index is 826. The van der Waals surface area contributed by atoms with E-state index >= 15 is 0 Å². The lowest BCUT2D eigenvalue weighted by atomic mass is 10.1. The fraction of sp³-hybridized carbons (Fsp3) is 0.235. The SMILES string of the molecule is C=CCCCCOc1c2occc2cc2ccc(=O)oc12. The van der Waals surface area contributed by atoms with Crippen LogP contribution in [0.1, 0.15) is 19.3 Å². The number of fused-ring (bicyclic) bond motifs is 2. The van der Waals surface area contributed by atoms with Crippen molar-refractivity contribution in [3.63, 3.8) is 0 Å². The van der Waals surface area contributed by atoms with Gasteiger partial charge in [-0.05, 0) is 37.5 Å². The number of benzene rings is 1. The summed E-state index contributed by atoms with van der Waals surface area (Å²) in [6, 6.07) is 6.92. The first-order chi connectivity index (χ1) is 10.3. The van der Waals surface area contributed by atoms with Crippen LogP contribution in [0.15, 0.2) is 56.8 Å². The van der Waals surface area contributed by atoms with E-state index in [4.69, 9.17) is 13.6 Å². The van der Waals surface area contributed by atoms with Crippen molar-refractivity contribution in [1.29, 1.82) is 0 Å². The smallest absolute Gasteiger partial charge is 0.336 e. The summed E-state index contributed by atoms with van der Waals surface area (Å²) >= 11 is 0. The maximum Gasteiger partial charge on any atom is 0.336 e. The normalized spacial score (nSPS) is 11.0. The second-order valence-corrected chi connectivity index (χ2v) is 4.85. The van der Waals surface area contributed by atoms with Crippen molar-refractivity contribution >= 4 is 21.9 Å². The fourth-order valence-corrected chi connectivity index (χ4v) is 2.30. The number of hydrogen-bond acceptors (Lipinski definition) is 4. The van der Waals surface area contributed by atoms with Crippen molar-refractivity contribution in [2.24, 2.45) is 0 Å². The molecule has 4 nitrogen and oxygen atoms in total. The Balaban J connectivity index is 1.99. The highest BCUT2D eigenvalue weighted by molar-refractivity contribution is 5.99. The molecule has 0 unspecified atom stereocenters. The van der Waals surface area contributed by atoms with E-state index in [9.17, 15) is 4.79 Å². The molecular formula is C17H16O4. The van der Waals surface area contributed by atoms with Crippen LogP contribution in [0.5, 0.6) is 5.75 Å². The highest BCUT2D eigenvalue weighted by Crippen LogP contribution is 2.34. The predicted molar refractivity (Wildman–Crippen MR) is 81.8 cm³/mol. The maximum absolute atomic E-state index is 11.5. The van der Waals surface area contributed by atoms with E-state index in [1.807, 2.05) is 18.2 Å². The summed E-state index contributed by atoms with van der Waals surface area (Å²) in [5.41, 5.74) is 0.652. The van der Waals surface area contributed by atoms with Crippen molar-refractivity contribution < 1.29 is 13.6 Å². The molecule has 4 heteroatoms. The Labute approximate surface area is 121 Å². The molecule has 0 amide bonds. The lowest BCUT2D eigenvalue weighted by Gasteiger charge is -2.08. The van der Waals surface area contributed by atoms with Crippen LogP contribution in [0.2, 0.25) is 0 Å². The zero-order valence-corrected chi connectivity index (χ0v) is 11.6. The van der Waals surface area contributed by atoms with Gasteiger partial charge in [0.25, 0.3) is 0 Å². The Morgan fingerprint density at radius 3 is 2.86 bits per heavy atom. The van der Waals surface area contributed by atoms with Crippen LogP contribution in [-0.4, -0.2) is 6.61 Å². The third-order valence-corrected chi connectivity index (χ3v) is 3.33. The van der Waals surface area contributed by atoms with Gasteiger partial charge in [-0.2, -0.15) is 0 Å². The van der Waals surface area contributed by atoms with Gasteiger partial charge < -0.3 is 13.6 Å². The molecule has 1 aromatic carbocycles. The molecular weight excluding hydrogens is 268 g/mol. The van der Waals surface area contributed by atoms with Crippen LogP contribution in [0, 0.1) is 0 Å². The number of furan rings is 1. The molecule has 3 rings (SSSR count). The molecule has 0 bridgehead atoms. The molecule has 0 saturated carbocycles. The topological polar surface area (TPSA) is 52.6 Å². The zero-order chi connectivity index (χ0) is 14.7. The first-order valence-corrected chi connectivity index (χ1v) is 6.97. The van der Waals surface area contributed by atoms with E-state index in [1.165, 1.54) is 6.07 Å². The van der Waals surface area contributed by atoms with Crippen LogP contribution < -0.4 is 10.4 Å². The Morgan fingerprint density at radius 1 is 1.14 bits per heavy atom. The molecule has 0 spiro atoms. The van der Waals surface area contributed by atoms with Crippen LogP contribution in [-0.2, 0) is 0 Å². The van der Waals surface area contributed by atoms with Crippen LogP contribution in [0.25, 0.3) is 21.9 Å². The summed E-state index contributed by atoms with van der Waals surface area (Å²) in [6.07, 6.45) is 6.37. The highest BCUT2D eigenvalue weighted by Gasteiger charge is 2.14. The van der Waals surface area contributed by atoms with E-state index in [0.717, 1.165) is 30.0 Å². The van der Waals surface area contributed by atoms with Gasteiger partial charge in [0.15, 0.2) is 11.2 Å². The van der Waals surface area contributed by atoms with Gasteiger partial charge in [-0.25, -0.2) is 4.79 Å². The monoisotopic (exact) mass is 284 g/mol.